The number of carbonyl (C=O) groups excluding carboxylic acids is 2. The van der Waals surface area contributed by atoms with Crippen molar-refractivity contribution >= 4 is 17.5 Å². The summed E-state index contributed by atoms with van der Waals surface area (Å²) in [7, 11) is 0. The fraction of sp³-hybridized carbons (Fsp3) is 0.364. The van der Waals surface area contributed by atoms with Gasteiger partial charge in [0, 0.05) is 24.6 Å². The Morgan fingerprint density at radius 1 is 1.13 bits per heavy atom. The number of amides is 2. The minimum absolute atomic E-state index is 0.0519. The van der Waals surface area contributed by atoms with Gasteiger partial charge in [0.2, 0.25) is 0 Å². The van der Waals surface area contributed by atoms with Crippen LogP contribution in [0.25, 0.3) is 0 Å². The number of rotatable bonds is 5. The number of phenolic OH excluding ortho intramolecular Hbond substituents is 1. The van der Waals surface area contributed by atoms with Gasteiger partial charge in [0.15, 0.2) is 5.78 Å². The number of aromatic hydroxyl groups is 1. The van der Waals surface area contributed by atoms with Crippen LogP contribution in [0.3, 0.4) is 0 Å². The van der Waals surface area contributed by atoms with Crippen LogP contribution in [-0.2, 0) is 6.18 Å². The highest BCUT2D eigenvalue weighted by molar-refractivity contribution is 5.98. The first kappa shape index (κ1) is 22.5. The third kappa shape index (κ3) is 5.48. The second kappa shape index (κ2) is 9.28. The van der Waals surface area contributed by atoms with Crippen molar-refractivity contribution in [3.63, 3.8) is 0 Å². The van der Waals surface area contributed by atoms with Crippen LogP contribution in [0.2, 0.25) is 0 Å². The number of hydrogen-bond acceptors (Lipinski definition) is 4. The van der Waals surface area contributed by atoms with Crippen molar-refractivity contribution < 1.29 is 32.6 Å². The number of carbonyl (C=O) groups is 2. The average molecular weight is 436 g/mol. The molecule has 0 atom stereocenters. The summed E-state index contributed by atoms with van der Waals surface area (Å²) in [5.74, 6) is -0.0944. The molecule has 1 aliphatic rings. The zero-order valence-corrected chi connectivity index (χ0v) is 16.9. The monoisotopic (exact) mass is 436 g/mol. The van der Waals surface area contributed by atoms with Crippen LogP contribution in [-0.4, -0.2) is 41.5 Å². The Labute approximate surface area is 177 Å². The first-order valence-electron chi connectivity index (χ1n) is 9.92. The van der Waals surface area contributed by atoms with E-state index in [0.717, 1.165) is 12.1 Å². The number of alkyl halides is 3. The summed E-state index contributed by atoms with van der Waals surface area (Å²) in [5.41, 5.74) is -0.445. The Morgan fingerprint density at radius 3 is 2.35 bits per heavy atom. The second-order valence-electron chi connectivity index (χ2n) is 7.24. The van der Waals surface area contributed by atoms with Crippen molar-refractivity contribution in [1.82, 2.24) is 4.90 Å². The van der Waals surface area contributed by atoms with E-state index in [1.54, 1.807) is 19.1 Å². The molecule has 0 unspecified atom stereocenters. The third-order valence-corrected chi connectivity index (χ3v) is 5.15. The van der Waals surface area contributed by atoms with Crippen molar-refractivity contribution in [2.45, 2.75) is 25.9 Å². The normalized spacial score (nSPS) is 14.9. The molecule has 2 aromatic rings. The quantitative estimate of drug-likeness (QED) is 0.651. The zero-order chi connectivity index (χ0) is 22.6. The number of urea groups is 1. The maximum absolute atomic E-state index is 13.0. The second-order valence-corrected chi connectivity index (χ2v) is 7.24. The lowest BCUT2D eigenvalue weighted by Crippen LogP contribution is -2.42. The lowest BCUT2D eigenvalue weighted by molar-refractivity contribution is -0.137. The Kier molecular flexibility index (Phi) is 6.72. The molecule has 6 nitrogen and oxygen atoms in total. The van der Waals surface area contributed by atoms with Gasteiger partial charge in [-0.2, -0.15) is 13.2 Å². The Bertz CT molecular complexity index is 937. The van der Waals surface area contributed by atoms with Gasteiger partial charge < -0.3 is 20.1 Å². The molecule has 0 radical (unpaired) electrons. The summed E-state index contributed by atoms with van der Waals surface area (Å²) < 4.78 is 44.5. The number of halogens is 3. The van der Waals surface area contributed by atoms with Gasteiger partial charge in [-0.1, -0.05) is 0 Å². The van der Waals surface area contributed by atoms with Gasteiger partial charge in [0.05, 0.1) is 17.9 Å². The van der Waals surface area contributed by atoms with E-state index in [4.69, 9.17) is 4.74 Å². The van der Waals surface area contributed by atoms with E-state index in [9.17, 15) is 27.9 Å². The number of nitrogens with zero attached hydrogens (tertiary/aromatic N) is 1. The van der Waals surface area contributed by atoms with Crippen LogP contribution < -0.4 is 10.1 Å². The standard InChI is InChI=1S/C22H23F3N2O4/c1-2-31-19-8-5-16(22(23,24)25)13-18(19)26-21(30)27-11-9-15(10-12-27)20(29)14-3-6-17(28)7-4-14/h3-8,13,15,28H,2,9-12H2,1H3,(H,26,30). The number of piperidine rings is 1. The molecule has 0 spiro atoms. The van der Waals surface area contributed by atoms with Crippen molar-refractivity contribution in [3.8, 4) is 11.5 Å². The van der Waals surface area contributed by atoms with E-state index >= 15 is 0 Å². The molecule has 0 bridgehead atoms. The molecule has 31 heavy (non-hydrogen) atoms. The predicted octanol–water partition coefficient (Wildman–Crippen LogP) is 4.94. The Hall–Kier alpha value is -3.23. The summed E-state index contributed by atoms with van der Waals surface area (Å²) in [6.45, 7) is 2.52. The van der Waals surface area contributed by atoms with E-state index < -0.39 is 17.8 Å². The minimum Gasteiger partial charge on any atom is -0.508 e. The van der Waals surface area contributed by atoms with Crippen LogP contribution in [0.15, 0.2) is 42.5 Å². The van der Waals surface area contributed by atoms with Gasteiger partial charge in [0.25, 0.3) is 0 Å². The number of Topliss-reactive ketones (excluding diaryl/α,β-unsaturated/α-hetero) is 1. The highest BCUT2D eigenvalue weighted by Crippen LogP contribution is 2.35. The fourth-order valence-corrected chi connectivity index (χ4v) is 3.49. The highest BCUT2D eigenvalue weighted by Gasteiger charge is 2.32. The summed E-state index contributed by atoms with van der Waals surface area (Å²) in [5, 5.41) is 11.9. The molecule has 1 fully saturated rings. The van der Waals surface area contributed by atoms with Crippen molar-refractivity contribution in [2.24, 2.45) is 5.92 Å². The molecule has 3 rings (SSSR count). The first-order valence-corrected chi connectivity index (χ1v) is 9.92. The third-order valence-electron chi connectivity index (χ3n) is 5.15. The van der Waals surface area contributed by atoms with Crippen LogP contribution >= 0.6 is 0 Å². The molecule has 166 valence electrons. The molecule has 9 heteroatoms. The molecule has 0 saturated carbocycles. The van der Waals surface area contributed by atoms with E-state index in [1.807, 2.05) is 0 Å². The number of ketones is 1. The smallest absolute Gasteiger partial charge is 0.416 e. The Morgan fingerprint density at radius 2 is 1.77 bits per heavy atom. The van der Waals surface area contributed by atoms with Crippen LogP contribution in [0, 0.1) is 5.92 Å². The number of ether oxygens (including phenoxy) is 1. The SMILES string of the molecule is CCOc1ccc(C(F)(F)F)cc1NC(=O)N1CCC(C(=O)c2ccc(O)cc2)CC1. The maximum Gasteiger partial charge on any atom is 0.416 e. The zero-order valence-electron chi connectivity index (χ0n) is 16.9. The van der Waals surface area contributed by atoms with Gasteiger partial charge in [0.1, 0.15) is 11.5 Å². The fourth-order valence-electron chi connectivity index (χ4n) is 3.49. The largest absolute Gasteiger partial charge is 0.508 e. The van der Waals surface area contributed by atoms with E-state index in [2.05, 4.69) is 5.32 Å². The summed E-state index contributed by atoms with van der Waals surface area (Å²) in [6.07, 6.45) is -3.67. The topological polar surface area (TPSA) is 78.9 Å². The molecule has 2 aromatic carbocycles. The number of benzene rings is 2. The lowest BCUT2D eigenvalue weighted by Gasteiger charge is -2.31. The molecule has 1 saturated heterocycles. The number of nitrogens with one attached hydrogen (secondary N) is 1. The van der Waals surface area contributed by atoms with Gasteiger partial charge in [-0.25, -0.2) is 4.79 Å². The lowest BCUT2D eigenvalue weighted by atomic mass is 9.89. The van der Waals surface area contributed by atoms with Gasteiger partial charge in [-0.3, -0.25) is 4.79 Å². The van der Waals surface area contributed by atoms with Gasteiger partial charge in [-0.15, -0.1) is 0 Å². The average Bonchev–Trinajstić information content (AvgIpc) is 2.74. The highest BCUT2D eigenvalue weighted by atomic mass is 19.4. The number of hydrogen-bond donors (Lipinski definition) is 2. The molecular formula is C22H23F3N2O4. The molecule has 1 aliphatic heterocycles. The van der Waals surface area contributed by atoms with Crippen LogP contribution in [0.5, 0.6) is 11.5 Å². The van der Waals surface area contributed by atoms with Crippen molar-refractivity contribution in [2.75, 3.05) is 25.0 Å². The summed E-state index contributed by atoms with van der Waals surface area (Å²) >= 11 is 0. The Balaban J connectivity index is 1.64. The molecule has 0 aliphatic carbocycles. The van der Waals surface area contributed by atoms with Crippen molar-refractivity contribution in [3.05, 3.63) is 53.6 Å². The number of phenols is 1. The van der Waals surface area contributed by atoms with Crippen LogP contribution in [0.1, 0.15) is 35.7 Å². The van der Waals surface area contributed by atoms with Gasteiger partial charge >= 0.3 is 12.2 Å². The molecule has 2 N–H and O–H groups in total. The summed E-state index contributed by atoms with van der Waals surface area (Å²) in [6, 6.07) is 8.40. The maximum atomic E-state index is 13.0. The molecule has 1 heterocycles. The van der Waals surface area contributed by atoms with E-state index in [-0.39, 0.29) is 35.5 Å². The number of likely N-dealkylation sites (tertiary alicyclic amines) is 1. The van der Waals surface area contributed by atoms with E-state index in [0.29, 0.717) is 31.5 Å². The molecule has 2 amide bonds. The van der Waals surface area contributed by atoms with E-state index in [1.165, 1.54) is 23.1 Å². The summed E-state index contributed by atoms with van der Waals surface area (Å²) in [4.78, 5) is 26.7. The number of anilines is 1. The molecule has 0 aromatic heterocycles. The first-order chi connectivity index (χ1) is 14.7. The van der Waals surface area contributed by atoms with Crippen LogP contribution in [0.4, 0.5) is 23.7 Å². The van der Waals surface area contributed by atoms with Gasteiger partial charge in [-0.05, 0) is 62.2 Å². The molecular weight excluding hydrogens is 413 g/mol. The minimum atomic E-state index is -4.54. The van der Waals surface area contributed by atoms with Crippen molar-refractivity contribution in [1.29, 1.82) is 0 Å². The predicted molar refractivity (Wildman–Crippen MR) is 108 cm³/mol.